The number of rotatable bonds is 1. The van der Waals surface area contributed by atoms with E-state index in [0.717, 1.165) is 19.2 Å². The maximum Gasteiger partial charge on any atom is 0.416 e. The minimum Gasteiger partial charge on any atom is -0.292 e. The summed E-state index contributed by atoms with van der Waals surface area (Å²) in [5, 5.41) is 3.84. The molecule has 0 saturated carbocycles. The first kappa shape index (κ1) is 12.9. The SMILES string of the molecule is CC(=O)NC(=O)Nc1cc(C(F)(F)F)ccn1. The van der Waals surface area contributed by atoms with E-state index in [2.05, 4.69) is 4.98 Å². The van der Waals surface area contributed by atoms with Crippen LogP contribution in [0.5, 0.6) is 0 Å². The Kier molecular flexibility index (Phi) is 3.66. The summed E-state index contributed by atoms with van der Waals surface area (Å²) < 4.78 is 36.9. The van der Waals surface area contributed by atoms with E-state index < -0.39 is 23.7 Å². The number of amides is 3. The first-order valence-corrected chi connectivity index (χ1v) is 4.41. The molecule has 1 rings (SSSR count). The molecule has 5 nitrogen and oxygen atoms in total. The summed E-state index contributed by atoms with van der Waals surface area (Å²) in [6, 6.07) is 0.498. The molecule has 1 heterocycles. The smallest absolute Gasteiger partial charge is 0.292 e. The molecule has 0 spiro atoms. The lowest BCUT2D eigenvalue weighted by Gasteiger charge is -2.08. The summed E-state index contributed by atoms with van der Waals surface area (Å²) in [6.45, 7) is 1.10. The molecular weight excluding hydrogens is 239 g/mol. The fraction of sp³-hybridized carbons (Fsp3) is 0.222. The van der Waals surface area contributed by atoms with Crippen molar-refractivity contribution in [3.05, 3.63) is 23.9 Å². The number of hydrogen-bond donors (Lipinski definition) is 2. The highest BCUT2D eigenvalue weighted by atomic mass is 19.4. The number of nitrogens with zero attached hydrogens (tertiary/aromatic N) is 1. The summed E-state index contributed by atoms with van der Waals surface area (Å²) in [7, 11) is 0. The third kappa shape index (κ3) is 4.09. The molecule has 0 aliphatic rings. The van der Waals surface area contributed by atoms with Crippen LogP contribution in [0.1, 0.15) is 12.5 Å². The van der Waals surface area contributed by atoms with Gasteiger partial charge in [-0.05, 0) is 12.1 Å². The van der Waals surface area contributed by atoms with Gasteiger partial charge in [0.1, 0.15) is 5.82 Å². The van der Waals surface area contributed by atoms with Crippen LogP contribution in [0.15, 0.2) is 18.3 Å². The van der Waals surface area contributed by atoms with E-state index in [4.69, 9.17) is 0 Å². The number of halogens is 3. The molecule has 0 fully saturated rings. The van der Waals surface area contributed by atoms with Crippen LogP contribution in [0.2, 0.25) is 0 Å². The quantitative estimate of drug-likeness (QED) is 0.794. The summed E-state index contributed by atoms with van der Waals surface area (Å²) in [6.07, 6.45) is -3.61. The predicted octanol–water partition coefficient (Wildman–Crippen LogP) is 1.77. The number of nitrogens with one attached hydrogen (secondary N) is 2. The van der Waals surface area contributed by atoms with E-state index in [1.54, 1.807) is 0 Å². The number of aromatic nitrogens is 1. The average Bonchev–Trinajstić information content (AvgIpc) is 2.15. The minimum atomic E-state index is -4.52. The van der Waals surface area contributed by atoms with E-state index in [0.29, 0.717) is 6.07 Å². The van der Waals surface area contributed by atoms with E-state index in [-0.39, 0.29) is 5.82 Å². The molecule has 3 amide bonds. The zero-order valence-corrected chi connectivity index (χ0v) is 8.63. The molecule has 0 bridgehead atoms. The average molecular weight is 247 g/mol. The normalized spacial score (nSPS) is 10.8. The van der Waals surface area contributed by atoms with E-state index in [1.165, 1.54) is 0 Å². The highest BCUT2D eigenvalue weighted by molar-refractivity contribution is 5.99. The van der Waals surface area contributed by atoms with Crippen molar-refractivity contribution in [2.45, 2.75) is 13.1 Å². The van der Waals surface area contributed by atoms with E-state index in [9.17, 15) is 22.8 Å². The van der Waals surface area contributed by atoms with Crippen molar-refractivity contribution in [2.24, 2.45) is 0 Å². The van der Waals surface area contributed by atoms with Gasteiger partial charge < -0.3 is 0 Å². The molecule has 92 valence electrons. The zero-order chi connectivity index (χ0) is 13.1. The molecule has 17 heavy (non-hydrogen) atoms. The number of alkyl halides is 3. The van der Waals surface area contributed by atoms with Crippen molar-refractivity contribution < 1.29 is 22.8 Å². The Morgan fingerprint density at radius 1 is 1.35 bits per heavy atom. The van der Waals surface area contributed by atoms with Crippen LogP contribution in [0.25, 0.3) is 0 Å². The molecule has 0 aromatic carbocycles. The van der Waals surface area contributed by atoms with Gasteiger partial charge in [-0.15, -0.1) is 0 Å². The molecule has 0 unspecified atom stereocenters. The minimum absolute atomic E-state index is 0.293. The number of carbonyl (C=O) groups excluding carboxylic acids is 2. The lowest BCUT2D eigenvalue weighted by Crippen LogP contribution is -2.32. The van der Waals surface area contributed by atoms with Crippen molar-refractivity contribution in [2.75, 3.05) is 5.32 Å². The Bertz CT molecular complexity index is 445. The first-order valence-electron chi connectivity index (χ1n) is 4.41. The standard InChI is InChI=1S/C9H8F3N3O2/c1-5(16)14-8(17)15-7-4-6(2-3-13-7)9(10,11)12/h2-4H,1H3,(H2,13,14,15,16,17). The first-order chi connectivity index (χ1) is 7.79. The maximum absolute atomic E-state index is 12.3. The van der Waals surface area contributed by atoms with Gasteiger partial charge >= 0.3 is 12.2 Å². The Morgan fingerprint density at radius 3 is 2.53 bits per heavy atom. The van der Waals surface area contributed by atoms with Crippen LogP contribution in [0, 0.1) is 0 Å². The van der Waals surface area contributed by atoms with Crippen molar-refractivity contribution in [1.29, 1.82) is 0 Å². The monoisotopic (exact) mass is 247 g/mol. The second-order valence-electron chi connectivity index (χ2n) is 3.06. The number of hydrogen-bond acceptors (Lipinski definition) is 3. The Labute approximate surface area is 94.0 Å². The Hall–Kier alpha value is -2.12. The second kappa shape index (κ2) is 4.81. The molecular formula is C9H8F3N3O2. The number of pyridine rings is 1. The zero-order valence-electron chi connectivity index (χ0n) is 8.63. The third-order valence-electron chi connectivity index (χ3n) is 1.62. The van der Waals surface area contributed by atoms with Crippen molar-refractivity contribution in [1.82, 2.24) is 10.3 Å². The summed E-state index contributed by atoms with van der Waals surface area (Å²) >= 11 is 0. The third-order valence-corrected chi connectivity index (χ3v) is 1.62. The van der Waals surface area contributed by atoms with Crippen LogP contribution >= 0.6 is 0 Å². The second-order valence-corrected chi connectivity index (χ2v) is 3.06. The maximum atomic E-state index is 12.3. The largest absolute Gasteiger partial charge is 0.416 e. The van der Waals surface area contributed by atoms with Gasteiger partial charge in [-0.3, -0.25) is 15.4 Å². The van der Waals surface area contributed by atoms with Crippen LogP contribution in [0.4, 0.5) is 23.8 Å². The van der Waals surface area contributed by atoms with Gasteiger partial charge in [-0.2, -0.15) is 13.2 Å². The fourth-order valence-electron chi connectivity index (χ4n) is 0.983. The van der Waals surface area contributed by atoms with E-state index >= 15 is 0 Å². The van der Waals surface area contributed by atoms with Crippen molar-refractivity contribution in [3.63, 3.8) is 0 Å². The van der Waals surface area contributed by atoms with Crippen LogP contribution in [-0.2, 0) is 11.0 Å². The molecule has 1 aromatic heterocycles. The highest BCUT2D eigenvalue weighted by Crippen LogP contribution is 2.29. The number of carbonyl (C=O) groups is 2. The van der Waals surface area contributed by atoms with Crippen LogP contribution < -0.4 is 10.6 Å². The van der Waals surface area contributed by atoms with Crippen molar-refractivity contribution in [3.8, 4) is 0 Å². The topological polar surface area (TPSA) is 71.1 Å². The van der Waals surface area contributed by atoms with Gasteiger partial charge in [-0.25, -0.2) is 9.78 Å². The summed E-state index contributed by atoms with van der Waals surface area (Å²) in [4.78, 5) is 25.0. The molecule has 0 atom stereocenters. The van der Waals surface area contributed by atoms with Gasteiger partial charge in [0.25, 0.3) is 0 Å². The van der Waals surface area contributed by atoms with Crippen LogP contribution in [0.3, 0.4) is 0 Å². The predicted molar refractivity (Wildman–Crippen MR) is 52.1 cm³/mol. The van der Waals surface area contributed by atoms with E-state index in [1.807, 2.05) is 10.6 Å². The molecule has 0 aliphatic carbocycles. The van der Waals surface area contributed by atoms with Gasteiger partial charge in [0.05, 0.1) is 5.56 Å². The highest BCUT2D eigenvalue weighted by Gasteiger charge is 2.30. The van der Waals surface area contributed by atoms with Gasteiger partial charge in [0.15, 0.2) is 0 Å². The Morgan fingerprint density at radius 2 is 2.00 bits per heavy atom. The molecule has 0 aliphatic heterocycles. The van der Waals surface area contributed by atoms with Gasteiger partial charge in [-0.1, -0.05) is 0 Å². The lowest BCUT2D eigenvalue weighted by atomic mass is 10.2. The van der Waals surface area contributed by atoms with Crippen LogP contribution in [-0.4, -0.2) is 16.9 Å². The number of imide groups is 1. The number of urea groups is 1. The molecule has 8 heteroatoms. The fourth-order valence-corrected chi connectivity index (χ4v) is 0.983. The van der Waals surface area contributed by atoms with Gasteiger partial charge in [0.2, 0.25) is 5.91 Å². The molecule has 1 aromatic rings. The summed E-state index contributed by atoms with van der Waals surface area (Å²) in [5.74, 6) is -0.923. The molecule has 2 N–H and O–H groups in total. The number of anilines is 1. The molecule has 0 radical (unpaired) electrons. The van der Waals surface area contributed by atoms with Gasteiger partial charge in [0, 0.05) is 13.1 Å². The molecule has 0 saturated heterocycles. The lowest BCUT2D eigenvalue weighted by molar-refractivity contribution is -0.137. The Balaban J connectivity index is 2.79. The van der Waals surface area contributed by atoms with Crippen molar-refractivity contribution >= 4 is 17.8 Å². The summed E-state index contributed by atoms with van der Waals surface area (Å²) in [5.41, 5.74) is -0.939.